The summed E-state index contributed by atoms with van der Waals surface area (Å²) in [5.41, 5.74) is 0.871. The highest BCUT2D eigenvalue weighted by molar-refractivity contribution is 5.94. The van der Waals surface area contributed by atoms with Gasteiger partial charge in [0.2, 0.25) is 0 Å². The summed E-state index contributed by atoms with van der Waals surface area (Å²) in [6.45, 7) is 2.19. The molecule has 3 rings (SSSR count). The van der Waals surface area contributed by atoms with Crippen molar-refractivity contribution in [3.05, 3.63) is 59.9 Å². The Morgan fingerprint density at radius 2 is 2.04 bits per heavy atom. The summed E-state index contributed by atoms with van der Waals surface area (Å²) in [5, 5.41) is 3.35. The highest BCUT2D eigenvalue weighted by atomic mass is 35.5. The van der Waals surface area contributed by atoms with Crippen molar-refractivity contribution < 1.29 is 9.18 Å². The van der Waals surface area contributed by atoms with E-state index in [0.717, 1.165) is 44.2 Å². The van der Waals surface area contributed by atoms with E-state index in [1.54, 1.807) is 11.1 Å². The monoisotopic (exact) mass is 400 g/mol. The third-order valence-electron chi connectivity index (χ3n) is 4.31. The first-order valence-corrected chi connectivity index (χ1v) is 8.27. The predicted octanol–water partition coefficient (Wildman–Crippen LogP) is 3.24. The molecule has 26 heavy (non-hydrogen) atoms. The van der Waals surface area contributed by atoms with Gasteiger partial charge in [0.25, 0.3) is 5.91 Å². The van der Waals surface area contributed by atoms with Crippen molar-refractivity contribution in [3.63, 3.8) is 0 Å². The molecular formula is C18H23Cl2FN4O. The molecule has 0 aliphatic carbocycles. The standard InChI is InChI=1S/C18H21FN4O.2ClH/c19-17-12-21-11-7-16(17)18(24)23(13-14-4-1-2-9-22-14)15-5-3-8-20-10-6-15;;/h1-2,4,7,9,11-12,15,20H,3,5-6,8,10,13H2;2*1H. The molecule has 0 aromatic carbocycles. The molecule has 0 bridgehead atoms. The summed E-state index contributed by atoms with van der Waals surface area (Å²) >= 11 is 0. The summed E-state index contributed by atoms with van der Waals surface area (Å²) in [7, 11) is 0. The van der Waals surface area contributed by atoms with E-state index in [9.17, 15) is 9.18 Å². The molecule has 3 heterocycles. The summed E-state index contributed by atoms with van der Waals surface area (Å²) in [5.74, 6) is -0.882. The molecule has 8 heteroatoms. The number of amides is 1. The first kappa shape index (κ1) is 22.3. The predicted molar refractivity (Wildman–Crippen MR) is 103 cm³/mol. The van der Waals surface area contributed by atoms with E-state index in [2.05, 4.69) is 15.3 Å². The lowest BCUT2D eigenvalue weighted by molar-refractivity contribution is 0.0637. The number of carbonyl (C=O) groups is 1. The molecule has 142 valence electrons. The number of hydrogen-bond donors (Lipinski definition) is 1. The fraction of sp³-hybridized carbons (Fsp3) is 0.389. The van der Waals surface area contributed by atoms with E-state index in [1.165, 1.54) is 12.3 Å². The highest BCUT2D eigenvalue weighted by Crippen LogP contribution is 2.20. The van der Waals surface area contributed by atoms with Crippen LogP contribution in [0.25, 0.3) is 0 Å². The van der Waals surface area contributed by atoms with E-state index in [1.807, 2.05) is 18.2 Å². The first-order chi connectivity index (χ1) is 11.8. The van der Waals surface area contributed by atoms with Gasteiger partial charge in [-0.05, 0) is 50.6 Å². The highest BCUT2D eigenvalue weighted by Gasteiger charge is 2.27. The van der Waals surface area contributed by atoms with Crippen molar-refractivity contribution in [2.45, 2.75) is 31.8 Å². The van der Waals surface area contributed by atoms with Gasteiger partial charge < -0.3 is 10.2 Å². The summed E-state index contributed by atoms with van der Waals surface area (Å²) in [4.78, 5) is 22.8. The zero-order chi connectivity index (χ0) is 16.8. The molecule has 1 fully saturated rings. The Morgan fingerprint density at radius 3 is 2.77 bits per heavy atom. The Hall–Kier alpha value is -1.76. The van der Waals surface area contributed by atoms with Crippen LogP contribution in [0.5, 0.6) is 0 Å². The van der Waals surface area contributed by atoms with E-state index < -0.39 is 5.82 Å². The molecule has 1 aliphatic rings. The Labute approximate surface area is 165 Å². The average molecular weight is 401 g/mol. The van der Waals surface area contributed by atoms with Crippen molar-refractivity contribution >= 4 is 30.7 Å². The van der Waals surface area contributed by atoms with Gasteiger partial charge in [-0.15, -0.1) is 24.8 Å². The van der Waals surface area contributed by atoms with Crippen LogP contribution in [0.15, 0.2) is 42.9 Å². The molecule has 0 radical (unpaired) electrons. The van der Waals surface area contributed by atoms with Crippen molar-refractivity contribution in [2.75, 3.05) is 13.1 Å². The Balaban J connectivity index is 0.00000169. The number of aromatic nitrogens is 2. The fourth-order valence-corrected chi connectivity index (χ4v) is 3.05. The molecule has 1 saturated heterocycles. The van der Waals surface area contributed by atoms with Crippen molar-refractivity contribution in [3.8, 4) is 0 Å². The van der Waals surface area contributed by atoms with Crippen LogP contribution in [0.1, 0.15) is 35.3 Å². The molecule has 1 atom stereocenters. The van der Waals surface area contributed by atoms with Gasteiger partial charge in [-0.3, -0.25) is 14.8 Å². The molecule has 1 amide bonds. The number of nitrogens with one attached hydrogen (secondary N) is 1. The first-order valence-electron chi connectivity index (χ1n) is 8.27. The van der Waals surface area contributed by atoms with Gasteiger partial charge in [-0.2, -0.15) is 0 Å². The maximum atomic E-state index is 14.0. The van der Waals surface area contributed by atoms with E-state index in [4.69, 9.17) is 0 Å². The summed E-state index contributed by atoms with van der Waals surface area (Å²) in [6, 6.07) is 7.14. The largest absolute Gasteiger partial charge is 0.330 e. The number of nitrogens with zero attached hydrogens (tertiary/aromatic N) is 3. The van der Waals surface area contributed by atoms with Crippen LogP contribution in [0.4, 0.5) is 4.39 Å². The Kier molecular flexibility index (Phi) is 9.48. The van der Waals surface area contributed by atoms with Crippen molar-refractivity contribution in [1.29, 1.82) is 0 Å². The molecule has 0 spiro atoms. The number of rotatable bonds is 4. The second-order valence-corrected chi connectivity index (χ2v) is 5.94. The Bertz CT molecular complexity index is 682. The molecule has 5 nitrogen and oxygen atoms in total. The van der Waals surface area contributed by atoms with Crippen molar-refractivity contribution in [2.24, 2.45) is 0 Å². The van der Waals surface area contributed by atoms with Gasteiger partial charge in [0.1, 0.15) is 0 Å². The van der Waals surface area contributed by atoms with E-state index in [0.29, 0.717) is 6.54 Å². The van der Waals surface area contributed by atoms with Crippen LogP contribution in [0, 0.1) is 5.82 Å². The van der Waals surface area contributed by atoms with Gasteiger partial charge >= 0.3 is 0 Å². The van der Waals surface area contributed by atoms with Gasteiger partial charge in [0, 0.05) is 18.4 Å². The second kappa shape index (κ2) is 11.1. The average Bonchev–Trinajstić information content (AvgIpc) is 2.90. The second-order valence-electron chi connectivity index (χ2n) is 5.94. The molecule has 1 aliphatic heterocycles. The number of hydrogen-bond acceptors (Lipinski definition) is 4. The minimum Gasteiger partial charge on any atom is -0.330 e. The van der Waals surface area contributed by atoms with Crippen LogP contribution in [0.2, 0.25) is 0 Å². The summed E-state index contributed by atoms with van der Waals surface area (Å²) in [6.07, 6.45) is 6.99. The van der Waals surface area contributed by atoms with Crippen LogP contribution in [-0.2, 0) is 6.54 Å². The smallest absolute Gasteiger partial charge is 0.257 e. The maximum Gasteiger partial charge on any atom is 0.257 e. The SMILES string of the molecule is Cl.Cl.O=C(c1ccncc1F)N(Cc1ccccn1)C1CCCNCC1. The molecule has 0 saturated carbocycles. The van der Waals surface area contributed by atoms with Crippen LogP contribution in [0.3, 0.4) is 0 Å². The zero-order valence-electron chi connectivity index (χ0n) is 14.3. The van der Waals surface area contributed by atoms with Crippen LogP contribution < -0.4 is 5.32 Å². The minimum absolute atomic E-state index is 0. The third kappa shape index (κ3) is 5.62. The Morgan fingerprint density at radius 1 is 1.19 bits per heavy atom. The molecule has 1 unspecified atom stereocenters. The van der Waals surface area contributed by atoms with Crippen LogP contribution in [-0.4, -0.2) is 39.9 Å². The lowest BCUT2D eigenvalue weighted by Crippen LogP contribution is -2.41. The molecular weight excluding hydrogens is 378 g/mol. The van der Waals surface area contributed by atoms with E-state index in [-0.39, 0.29) is 42.3 Å². The van der Waals surface area contributed by atoms with Gasteiger partial charge in [-0.25, -0.2) is 4.39 Å². The van der Waals surface area contributed by atoms with E-state index >= 15 is 0 Å². The molecule has 2 aromatic rings. The van der Waals surface area contributed by atoms with Gasteiger partial charge in [0.05, 0.1) is 24.0 Å². The number of halogens is 3. The lowest BCUT2D eigenvalue weighted by Gasteiger charge is -2.31. The van der Waals surface area contributed by atoms with Crippen molar-refractivity contribution in [1.82, 2.24) is 20.2 Å². The van der Waals surface area contributed by atoms with Gasteiger partial charge in [-0.1, -0.05) is 6.07 Å². The third-order valence-corrected chi connectivity index (χ3v) is 4.31. The normalized spacial score (nSPS) is 16.6. The minimum atomic E-state index is -0.583. The maximum absolute atomic E-state index is 14.0. The van der Waals surface area contributed by atoms with Gasteiger partial charge in [0.15, 0.2) is 5.82 Å². The fourth-order valence-electron chi connectivity index (χ4n) is 3.05. The topological polar surface area (TPSA) is 58.1 Å². The zero-order valence-corrected chi connectivity index (χ0v) is 15.9. The van der Waals surface area contributed by atoms with Crippen LogP contribution >= 0.6 is 24.8 Å². The summed E-state index contributed by atoms with van der Waals surface area (Å²) < 4.78 is 14.0. The molecule has 1 N–H and O–H groups in total. The number of pyridine rings is 2. The number of carbonyl (C=O) groups excluding carboxylic acids is 1. The lowest BCUT2D eigenvalue weighted by atomic mass is 10.1. The molecule has 2 aromatic heterocycles. The quantitative estimate of drug-likeness (QED) is 0.855.